The highest BCUT2D eigenvalue weighted by molar-refractivity contribution is 6.05. The number of carbonyl (C=O) groups is 1. The molecule has 2 aromatic carbocycles. The minimum atomic E-state index is -0.765. The number of benzene rings is 2. The maximum atomic E-state index is 12.6. The standard InChI is InChI=1S/C19H14N4O4/c1-27-16-9-5-4-8-14(16)23-17(25)10-15(24)18(22-23)19(26)21-13-7-3-2-6-12(13)11-20/h2-10,24H,1H3,(H,21,26). The zero-order valence-electron chi connectivity index (χ0n) is 14.2. The molecule has 0 aliphatic rings. The van der Waals surface area contributed by atoms with Crippen LogP contribution in [-0.4, -0.2) is 27.9 Å². The van der Waals surface area contributed by atoms with E-state index in [-0.39, 0.29) is 16.9 Å². The Bertz CT molecular complexity index is 1120. The summed E-state index contributed by atoms with van der Waals surface area (Å²) in [5.74, 6) is -0.962. The molecule has 0 atom stereocenters. The van der Waals surface area contributed by atoms with E-state index < -0.39 is 17.2 Å². The van der Waals surface area contributed by atoms with Crippen molar-refractivity contribution < 1.29 is 14.6 Å². The molecule has 0 unspecified atom stereocenters. The number of methoxy groups -OCH3 is 1. The van der Waals surface area contributed by atoms with Gasteiger partial charge in [0.05, 0.1) is 18.4 Å². The van der Waals surface area contributed by atoms with Gasteiger partial charge in [-0.05, 0) is 24.3 Å². The first-order valence-corrected chi connectivity index (χ1v) is 7.82. The predicted molar refractivity (Wildman–Crippen MR) is 97.2 cm³/mol. The maximum absolute atomic E-state index is 12.6. The topological polar surface area (TPSA) is 117 Å². The van der Waals surface area contributed by atoms with E-state index in [0.717, 1.165) is 10.7 Å². The summed E-state index contributed by atoms with van der Waals surface area (Å²) in [4.78, 5) is 24.8. The number of anilines is 1. The van der Waals surface area contributed by atoms with Gasteiger partial charge in [-0.25, -0.2) is 0 Å². The molecule has 1 amide bonds. The van der Waals surface area contributed by atoms with Crippen LogP contribution in [0.15, 0.2) is 59.4 Å². The van der Waals surface area contributed by atoms with Gasteiger partial charge in [0.15, 0.2) is 11.4 Å². The fraction of sp³-hybridized carbons (Fsp3) is 0.0526. The molecular formula is C19H14N4O4. The van der Waals surface area contributed by atoms with Crippen LogP contribution in [0, 0.1) is 11.3 Å². The molecule has 1 aromatic heterocycles. The van der Waals surface area contributed by atoms with E-state index >= 15 is 0 Å². The molecule has 3 rings (SSSR count). The second-order valence-corrected chi connectivity index (χ2v) is 5.41. The third-order valence-corrected chi connectivity index (χ3v) is 3.74. The SMILES string of the molecule is COc1ccccc1-n1nc(C(=O)Nc2ccccc2C#N)c(O)cc1=O. The molecule has 0 fully saturated rings. The first kappa shape index (κ1) is 17.7. The van der Waals surface area contributed by atoms with Crippen LogP contribution in [-0.2, 0) is 0 Å². The van der Waals surface area contributed by atoms with Crippen LogP contribution in [0.3, 0.4) is 0 Å². The molecule has 0 spiro atoms. The molecule has 8 heteroatoms. The summed E-state index contributed by atoms with van der Waals surface area (Å²) in [6.45, 7) is 0. The van der Waals surface area contributed by atoms with Crippen molar-refractivity contribution in [2.75, 3.05) is 12.4 Å². The Morgan fingerprint density at radius 1 is 1.22 bits per heavy atom. The lowest BCUT2D eigenvalue weighted by Gasteiger charge is -2.12. The highest BCUT2D eigenvalue weighted by atomic mass is 16.5. The smallest absolute Gasteiger partial charge is 0.280 e. The summed E-state index contributed by atoms with van der Waals surface area (Å²) in [6.07, 6.45) is 0. The highest BCUT2D eigenvalue weighted by Crippen LogP contribution is 2.22. The molecule has 2 N–H and O–H groups in total. The Kier molecular flexibility index (Phi) is 4.86. The van der Waals surface area contributed by atoms with Crippen LogP contribution in [0.5, 0.6) is 11.5 Å². The van der Waals surface area contributed by atoms with Gasteiger partial charge < -0.3 is 15.2 Å². The summed E-state index contributed by atoms with van der Waals surface area (Å²) in [7, 11) is 1.44. The molecule has 0 saturated heterocycles. The Morgan fingerprint density at radius 3 is 2.67 bits per heavy atom. The normalized spacial score (nSPS) is 10.1. The van der Waals surface area contributed by atoms with Crippen LogP contribution in [0.25, 0.3) is 5.69 Å². The van der Waals surface area contributed by atoms with Gasteiger partial charge in [-0.2, -0.15) is 15.0 Å². The van der Waals surface area contributed by atoms with Gasteiger partial charge in [0, 0.05) is 6.07 Å². The molecule has 0 radical (unpaired) electrons. The van der Waals surface area contributed by atoms with Crippen molar-refractivity contribution in [1.82, 2.24) is 9.78 Å². The molecule has 1 heterocycles. The van der Waals surface area contributed by atoms with Crippen molar-refractivity contribution in [3.05, 3.63) is 76.2 Å². The second-order valence-electron chi connectivity index (χ2n) is 5.41. The van der Waals surface area contributed by atoms with E-state index in [4.69, 9.17) is 10.00 Å². The third kappa shape index (κ3) is 3.48. The monoisotopic (exact) mass is 362 g/mol. The van der Waals surface area contributed by atoms with Crippen LogP contribution < -0.4 is 15.6 Å². The zero-order chi connectivity index (χ0) is 19.4. The largest absolute Gasteiger partial charge is 0.505 e. The van der Waals surface area contributed by atoms with Crippen molar-refractivity contribution in [2.45, 2.75) is 0 Å². The highest BCUT2D eigenvalue weighted by Gasteiger charge is 2.19. The molecule has 27 heavy (non-hydrogen) atoms. The quantitative estimate of drug-likeness (QED) is 0.734. The molecular weight excluding hydrogens is 348 g/mol. The van der Waals surface area contributed by atoms with Crippen molar-refractivity contribution in [3.8, 4) is 23.3 Å². The van der Waals surface area contributed by atoms with E-state index in [1.807, 2.05) is 6.07 Å². The van der Waals surface area contributed by atoms with E-state index in [1.54, 1.807) is 48.5 Å². The van der Waals surface area contributed by atoms with Crippen molar-refractivity contribution in [1.29, 1.82) is 5.26 Å². The number of nitrogens with zero attached hydrogens (tertiary/aromatic N) is 3. The summed E-state index contributed by atoms with van der Waals surface area (Å²) in [5, 5.41) is 25.6. The van der Waals surface area contributed by atoms with Crippen LogP contribution in [0.2, 0.25) is 0 Å². The number of hydrogen-bond acceptors (Lipinski definition) is 6. The number of aromatic hydroxyl groups is 1. The molecule has 0 aliphatic carbocycles. The van der Waals surface area contributed by atoms with E-state index in [9.17, 15) is 14.7 Å². The number of ether oxygens (including phenoxy) is 1. The van der Waals surface area contributed by atoms with E-state index in [1.165, 1.54) is 7.11 Å². The summed E-state index contributed by atoms with van der Waals surface area (Å²) in [6, 6.07) is 15.9. The van der Waals surface area contributed by atoms with Gasteiger partial charge in [-0.15, -0.1) is 0 Å². The molecule has 0 aliphatic heterocycles. The first-order valence-electron chi connectivity index (χ1n) is 7.82. The lowest BCUT2D eigenvalue weighted by atomic mass is 10.2. The van der Waals surface area contributed by atoms with Gasteiger partial charge in [0.2, 0.25) is 0 Å². The van der Waals surface area contributed by atoms with E-state index in [2.05, 4.69) is 10.4 Å². The van der Waals surface area contributed by atoms with Gasteiger partial charge in [-0.1, -0.05) is 24.3 Å². The molecule has 8 nitrogen and oxygen atoms in total. The Hall–Kier alpha value is -4.12. The number of hydrogen-bond donors (Lipinski definition) is 2. The van der Waals surface area contributed by atoms with Crippen LogP contribution in [0.4, 0.5) is 5.69 Å². The minimum Gasteiger partial charge on any atom is -0.505 e. The number of rotatable bonds is 4. The van der Waals surface area contributed by atoms with E-state index in [0.29, 0.717) is 11.4 Å². The number of amides is 1. The summed E-state index contributed by atoms with van der Waals surface area (Å²) >= 11 is 0. The first-order chi connectivity index (χ1) is 13.0. The van der Waals surface area contributed by atoms with Gasteiger partial charge >= 0.3 is 0 Å². The number of nitriles is 1. The molecule has 0 saturated carbocycles. The van der Waals surface area contributed by atoms with Gasteiger partial charge in [0.1, 0.15) is 17.5 Å². The van der Waals surface area contributed by atoms with Crippen LogP contribution >= 0.6 is 0 Å². The van der Waals surface area contributed by atoms with Crippen molar-refractivity contribution in [2.24, 2.45) is 0 Å². The van der Waals surface area contributed by atoms with Crippen molar-refractivity contribution in [3.63, 3.8) is 0 Å². The zero-order valence-corrected chi connectivity index (χ0v) is 14.2. The fourth-order valence-corrected chi connectivity index (χ4v) is 2.46. The van der Waals surface area contributed by atoms with Crippen molar-refractivity contribution >= 4 is 11.6 Å². The molecule has 0 bridgehead atoms. The number of aromatic nitrogens is 2. The average molecular weight is 362 g/mol. The predicted octanol–water partition coefficient (Wildman–Crippen LogP) is 2.07. The molecule has 134 valence electrons. The summed E-state index contributed by atoms with van der Waals surface area (Å²) < 4.78 is 6.17. The van der Waals surface area contributed by atoms with Gasteiger partial charge in [-0.3, -0.25) is 9.59 Å². The lowest BCUT2D eigenvalue weighted by molar-refractivity contribution is 0.101. The minimum absolute atomic E-state index is 0.253. The number of carbonyl (C=O) groups excluding carboxylic acids is 1. The second kappa shape index (κ2) is 7.41. The fourth-order valence-electron chi connectivity index (χ4n) is 2.46. The lowest BCUT2D eigenvalue weighted by Crippen LogP contribution is -2.25. The van der Waals surface area contributed by atoms with Crippen LogP contribution in [0.1, 0.15) is 16.1 Å². The Labute approximate surface area is 153 Å². The Morgan fingerprint density at radius 2 is 1.93 bits per heavy atom. The van der Waals surface area contributed by atoms with Gasteiger partial charge in [0.25, 0.3) is 11.5 Å². The third-order valence-electron chi connectivity index (χ3n) is 3.74. The summed E-state index contributed by atoms with van der Waals surface area (Å²) in [5.41, 5.74) is -0.166. The average Bonchev–Trinajstić information content (AvgIpc) is 2.68. The Balaban J connectivity index is 2.05. The number of para-hydroxylation sites is 3. The maximum Gasteiger partial charge on any atom is 0.280 e. The number of nitrogens with one attached hydrogen (secondary N) is 1. The molecule has 3 aromatic rings.